The molecular weight excluding hydrogens is 170 g/mol. The lowest BCUT2D eigenvalue weighted by Crippen LogP contribution is -2.14. The van der Waals surface area contributed by atoms with Crippen molar-refractivity contribution in [2.24, 2.45) is 0 Å². The Morgan fingerprint density at radius 2 is 2.54 bits per heavy atom. The third-order valence-electron chi connectivity index (χ3n) is 1.36. The molecule has 0 saturated carbocycles. The minimum atomic E-state index is -0.514. The zero-order valence-electron chi connectivity index (χ0n) is 7.28. The highest BCUT2D eigenvalue weighted by Gasteiger charge is 2.03. The lowest BCUT2D eigenvalue weighted by Gasteiger charge is -2.06. The summed E-state index contributed by atoms with van der Waals surface area (Å²) in [6, 6.07) is 1.60. The average molecular weight is 181 g/mol. The molecule has 1 rings (SSSR count). The third kappa shape index (κ3) is 2.62. The monoisotopic (exact) mass is 181 g/mol. The number of rotatable bonds is 2. The van der Waals surface area contributed by atoms with Crippen LogP contribution in [0.2, 0.25) is 0 Å². The Morgan fingerprint density at radius 1 is 1.77 bits per heavy atom. The molecule has 1 amide bonds. The first-order valence-electron chi connectivity index (χ1n) is 3.87. The van der Waals surface area contributed by atoms with Crippen molar-refractivity contribution in [2.45, 2.75) is 6.92 Å². The van der Waals surface area contributed by atoms with Crippen LogP contribution in [0.1, 0.15) is 6.92 Å². The number of pyridine rings is 1. The minimum absolute atomic E-state index is 0.330. The van der Waals surface area contributed by atoms with Crippen molar-refractivity contribution in [2.75, 3.05) is 17.7 Å². The van der Waals surface area contributed by atoms with E-state index in [9.17, 15) is 4.79 Å². The molecule has 3 N–H and O–H groups in total. The lowest BCUT2D eigenvalue weighted by molar-refractivity contribution is 0.168. The van der Waals surface area contributed by atoms with Crippen LogP contribution in [0, 0.1) is 0 Å². The van der Waals surface area contributed by atoms with Crippen molar-refractivity contribution in [3.8, 4) is 0 Å². The van der Waals surface area contributed by atoms with Crippen molar-refractivity contribution < 1.29 is 9.53 Å². The van der Waals surface area contributed by atoms with Gasteiger partial charge in [0.25, 0.3) is 0 Å². The van der Waals surface area contributed by atoms with Gasteiger partial charge in [-0.15, -0.1) is 0 Å². The van der Waals surface area contributed by atoms with Gasteiger partial charge in [-0.3, -0.25) is 10.3 Å². The van der Waals surface area contributed by atoms with Gasteiger partial charge in [-0.2, -0.15) is 0 Å². The zero-order valence-corrected chi connectivity index (χ0v) is 7.28. The highest BCUT2D eigenvalue weighted by molar-refractivity contribution is 5.88. The predicted molar refractivity (Wildman–Crippen MR) is 49.3 cm³/mol. The summed E-state index contributed by atoms with van der Waals surface area (Å²) in [6.07, 6.45) is 2.49. The van der Waals surface area contributed by atoms with E-state index in [0.717, 1.165) is 0 Å². The second-order valence-electron chi connectivity index (χ2n) is 2.31. The molecule has 0 fully saturated rings. The Hall–Kier alpha value is -1.78. The topological polar surface area (TPSA) is 77.2 Å². The Labute approximate surface area is 75.9 Å². The van der Waals surface area contributed by atoms with E-state index in [1.165, 1.54) is 12.4 Å². The number of anilines is 2. The largest absolute Gasteiger partial charge is 0.450 e. The van der Waals surface area contributed by atoms with Crippen LogP contribution in [0.5, 0.6) is 0 Å². The second kappa shape index (κ2) is 4.30. The van der Waals surface area contributed by atoms with Crippen LogP contribution in [0.25, 0.3) is 0 Å². The number of nitrogens with two attached hydrogens (primary N) is 1. The summed E-state index contributed by atoms with van der Waals surface area (Å²) in [5, 5.41) is 2.48. The highest BCUT2D eigenvalue weighted by Crippen LogP contribution is 2.14. The van der Waals surface area contributed by atoms with Gasteiger partial charge in [-0.25, -0.2) is 4.79 Å². The van der Waals surface area contributed by atoms with Crippen LogP contribution >= 0.6 is 0 Å². The molecule has 0 saturated heterocycles. The Morgan fingerprint density at radius 3 is 3.15 bits per heavy atom. The number of aromatic nitrogens is 1. The van der Waals surface area contributed by atoms with E-state index in [0.29, 0.717) is 18.0 Å². The normalized spacial score (nSPS) is 9.31. The lowest BCUT2D eigenvalue weighted by atomic mass is 10.3. The summed E-state index contributed by atoms with van der Waals surface area (Å²) >= 11 is 0. The number of amides is 1. The van der Waals surface area contributed by atoms with Gasteiger partial charge in [-0.1, -0.05) is 0 Å². The van der Waals surface area contributed by atoms with Gasteiger partial charge < -0.3 is 10.5 Å². The van der Waals surface area contributed by atoms with Gasteiger partial charge in [0.1, 0.15) is 0 Å². The van der Waals surface area contributed by atoms with Crippen LogP contribution in [0.3, 0.4) is 0 Å². The van der Waals surface area contributed by atoms with E-state index in [2.05, 4.69) is 15.0 Å². The van der Waals surface area contributed by atoms with Crippen LogP contribution in [-0.4, -0.2) is 17.7 Å². The molecule has 0 aliphatic carbocycles. The molecule has 0 spiro atoms. The van der Waals surface area contributed by atoms with E-state index < -0.39 is 6.09 Å². The molecule has 0 atom stereocenters. The molecule has 1 aromatic heterocycles. The van der Waals surface area contributed by atoms with Crippen LogP contribution in [0.4, 0.5) is 16.2 Å². The quantitative estimate of drug-likeness (QED) is 0.719. The van der Waals surface area contributed by atoms with Crippen molar-refractivity contribution >= 4 is 17.5 Å². The summed E-state index contributed by atoms with van der Waals surface area (Å²) < 4.78 is 4.67. The van der Waals surface area contributed by atoms with Gasteiger partial charge in [-0.05, 0) is 13.0 Å². The molecule has 0 bridgehead atoms. The van der Waals surface area contributed by atoms with E-state index in [1.807, 2.05) is 0 Å². The number of carbonyl (C=O) groups excluding carboxylic acids is 1. The van der Waals surface area contributed by atoms with Gasteiger partial charge in [0.05, 0.1) is 24.2 Å². The number of carbonyl (C=O) groups is 1. The summed E-state index contributed by atoms with van der Waals surface area (Å²) in [5.74, 6) is 0. The molecule has 0 radical (unpaired) electrons. The summed E-state index contributed by atoms with van der Waals surface area (Å²) in [6.45, 7) is 2.06. The zero-order chi connectivity index (χ0) is 9.68. The van der Waals surface area contributed by atoms with E-state index in [-0.39, 0.29) is 0 Å². The van der Waals surface area contributed by atoms with Crippen LogP contribution in [0.15, 0.2) is 18.5 Å². The molecule has 0 aliphatic heterocycles. The van der Waals surface area contributed by atoms with Crippen molar-refractivity contribution in [1.82, 2.24) is 4.98 Å². The Balaban J connectivity index is 2.63. The summed E-state index contributed by atoms with van der Waals surface area (Å²) in [7, 11) is 0. The maximum absolute atomic E-state index is 11.0. The van der Waals surface area contributed by atoms with E-state index >= 15 is 0 Å². The average Bonchev–Trinajstić information content (AvgIpc) is 2.09. The molecule has 5 nitrogen and oxygen atoms in total. The second-order valence-corrected chi connectivity index (χ2v) is 2.31. The third-order valence-corrected chi connectivity index (χ3v) is 1.36. The van der Waals surface area contributed by atoms with Crippen LogP contribution in [-0.2, 0) is 4.74 Å². The maximum atomic E-state index is 11.0. The first kappa shape index (κ1) is 9.31. The fourth-order valence-corrected chi connectivity index (χ4v) is 0.798. The predicted octanol–water partition coefficient (Wildman–Crippen LogP) is 1.23. The molecule has 1 heterocycles. The summed E-state index contributed by atoms with van der Waals surface area (Å²) in [4.78, 5) is 14.7. The molecule has 0 aliphatic rings. The highest BCUT2D eigenvalue weighted by atomic mass is 16.5. The van der Waals surface area contributed by atoms with E-state index in [1.54, 1.807) is 13.0 Å². The number of nitrogens with zero attached hydrogens (tertiary/aromatic N) is 1. The smallest absolute Gasteiger partial charge is 0.411 e. The van der Waals surface area contributed by atoms with Crippen molar-refractivity contribution in [1.29, 1.82) is 0 Å². The number of ether oxygens (including phenoxy) is 1. The molecule has 0 aromatic carbocycles. The fourth-order valence-electron chi connectivity index (χ4n) is 0.798. The SMILES string of the molecule is CCOC(=O)Nc1ccncc1N. The number of hydrogen-bond donors (Lipinski definition) is 2. The number of hydrogen-bond acceptors (Lipinski definition) is 4. The van der Waals surface area contributed by atoms with Gasteiger partial charge in [0, 0.05) is 6.20 Å². The molecule has 70 valence electrons. The molecule has 0 unspecified atom stereocenters. The maximum Gasteiger partial charge on any atom is 0.411 e. The van der Waals surface area contributed by atoms with Crippen molar-refractivity contribution in [3.63, 3.8) is 0 Å². The Bertz CT molecular complexity index is 301. The number of nitrogens with one attached hydrogen (secondary N) is 1. The first-order chi connectivity index (χ1) is 6.24. The Kier molecular flexibility index (Phi) is 3.08. The fraction of sp³-hybridized carbons (Fsp3) is 0.250. The van der Waals surface area contributed by atoms with Gasteiger partial charge >= 0.3 is 6.09 Å². The standard InChI is InChI=1S/C8H11N3O2/c1-2-13-8(12)11-7-3-4-10-5-6(7)9/h3-5H,2,9H2,1H3,(H,10,11,12). The first-order valence-corrected chi connectivity index (χ1v) is 3.87. The molecule has 13 heavy (non-hydrogen) atoms. The molecular formula is C8H11N3O2. The number of nitrogen functional groups attached to an aromatic ring is 1. The van der Waals surface area contributed by atoms with Gasteiger partial charge in [0.15, 0.2) is 0 Å². The van der Waals surface area contributed by atoms with Crippen molar-refractivity contribution in [3.05, 3.63) is 18.5 Å². The minimum Gasteiger partial charge on any atom is -0.450 e. The van der Waals surface area contributed by atoms with Crippen LogP contribution < -0.4 is 11.1 Å². The molecule has 5 heteroatoms. The summed E-state index contributed by atoms with van der Waals surface area (Å²) in [5.41, 5.74) is 6.45. The van der Waals surface area contributed by atoms with E-state index in [4.69, 9.17) is 5.73 Å². The molecule has 1 aromatic rings. The van der Waals surface area contributed by atoms with Gasteiger partial charge in [0.2, 0.25) is 0 Å².